The van der Waals surface area contributed by atoms with Crippen LogP contribution in [-0.2, 0) is 5.41 Å². The number of hydrogen-bond donors (Lipinski definition) is 0. The zero-order valence-electron chi connectivity index (χ0n) is 36.8. The largest absolute Gasteiger partial charge is 0.310 e. The Labute approximate surface area is 390 Å². The zero-order chi connectivity index (χ0) is 44.3. The van der Waals surface area contributed by atoms with E-state index in [4.69, 9.17) is 0 Å². The summed E-state index contributed by atoms with van der Waals surface area (Å²) in [5.41, 5.74) is 18.7. The van der Waals surface area contributed by atoms with Gasteiger partial charge in [-0.15, -0.1) is 0 Å². The molecule has 0 bridgehead atoms. The van der Waals surface area contributed by atoms with Crippen molar-refractivity contribution in [3.63, 3.8) is 0 Å². The third-order valence-corrected chi connectivity index (χ3v) is 14.1. The van der Waals surface area contributed by atoms with Gasteiger partial charge in [0.25, 0.3) is 0 Å². The first-order valence-corrected chi connectivity index (χ1v) is 23.2. The molecule has 1 aliphatic rings. The smallest absolute Gasteiger partial charge is 0.0714 e. The molecule has 0 amide bonds. The first kappa shape index (κ1) is 38.7. The molecule has 0 fully saturated rings. The number of rotatable bonds is 8. The number of hydrogen-bond acceptors (Lipinski definition) is 1. The predicted molar refractivity (Wildman–Crippen MR) is 281 cm³/mol. The Hall–Kier alpha value is -8.72. The number of benzene rings is 11. The number of para-hydroxylation sites is 1. The summed E-state index contributed by atoms with van der Waals surface area (Å²) in [4.78, 5) is 2.46. The molecule has 2 heteroatoms. The lowest BCUT2D eigenvalue weighted by atomic mass is 9.68. The van der Waals surface area contributed by atoms with Gasteiger partial charge in [0.1, 0.15) is 0 Å². The maximum atomic E-state index is 2.46. The summed E-state index contributed by atoms with van der Waals surface area (Å²) in [5, 5.41) is 4.97. The third kappa shape index (κ3) is 6.18. The predicted octanol–water partition coefficient (Wildman–Crippen LogP) is 17.1. The van der Waals surface area contributed by atoms with Crippen LogP contribution in [-0.4, -0.2) is 4.57 Å². The molecule has 0 radical (unpaired) electrons. The summed E-state index contributed by atoms with van der Waals surface area (Å²) in [6.07, 6.45) is 0. The highest BCUT2D eigenvalue weighted by Gasteiger charge is 2.47. The van der Waals surface area contributed by atoms with E-state index in [0.717, 1.165) is 17.1 Å². The van der Waals surface area contributed by atoms with Gasteiger partial charge in [-0.05, 0) is 122 Å². The van der Waals surface area contributed by atoms with Gasteiger partial charge in [-0.25, -0.2) is 0 Å². The first-order valence-electron chi connectivity index (χ1n) is 23.2. The van der Waals surface area contributed by atoms with Crippen LogP contribution in [0.2, 0.25) is 0 Å². The number of aromatic nitrogens is 1. The molecule has 0 spiro atoms. The number of fused-ring (bicyclic) bond motifs is 7. The third-order valence-electron chi connectivity index (χ3n) is 14.1. The van der Waals surface area contributed by atoms with Gasteiger partial charge in [0.05, 0.1) is 22.1 Å². The molecule has 0 unspecified atom stereocenters. The molecule has 314 valence electrons. The number of nitrogens with zero attached hydrogens (tertiary/aromatic N) is 2. The highest BCUT2D eigenvalue weighted by molar-refractivity contribution is 6.11. The van der Waals surface area contributed by atoms with E-state index in [-0.39, 0.29) is 0 Å². The molecule has 1 aliphatic carbocycles. The lowest BCUT2D eigenvalue weighted by Gasteiger charge is -2.34. The van der Waals surface area contributed by atoms with E-state index in [1.165, 1.54) is 93.9 Å². The summed E-state index contributed by atoms with van der Waals surface area (Å²) in [6.45, 7) is 0. The molecule has 1 heterocycles. The van der Waals surface area contributed by atoms with E-state index < -0.39 is 5.41 Å². The van der Waals surface area contributed by atoms with Crippen molar-refractivity contribution in [1.29, 1.82) is 0 Å². The Bertz CT molecular complexity index is 3740. The van der Waals surface area contributed by atoms with Gasteiger partial charge in [0.2, 0.25) is 0 Å². The van der Waals surface area contributed by atoms with Gasteiger partial charge in [0.15, 0.2) is 0 Å². The van der Waals surface area contributed by atoms with E-state index in [0.29, 0.717) is 0 Å². The minimum atomic E-state index is -0.507. The zero-order valence-corrected chi connectivity index (χ0v) is 36.8. The second-order valence-electron chi connectivity index (χ2n) is 17.6. The maximum Gasteiger partial charge on any atom is 0.0714 e. The van der Waals surface area contributed by atoms with E-state index in [2.05, 4.69) is 276 Å². The van der Waals surface area contributed by atoms with Gasteiger partial charge in [0, 0.05) is 33.4 Å². The monoisotopic (exact) mass is 852 g/mol. The molecule has 0 saturated carbocycles. The molecular weight excluding hydrogens is 809 g/mol. The van der Waals surface area contributed by atoms with Crippen molar-refractivity contribution < 1.29 is 0 Å². The van der Waals surface area contributed by atoms with Crippen LogP contribution in [0.5, 0.6) is 0 Å². The average Bonchev–Trinajstić information content (AvgIpc) is 3.91. The summed E-state index contributed by atoms with van der Waals surface area (Å²) in [5.74, 6) is 0. The molecule has 0 aliphatic heterocycles. The Kier molecular flexibility index (Phi) is 9.11. The van der Waals surface area contributed by atoms with Crippen LogP contribution >= 0.6 is 0 Å². The van der Waals surface area contributed by atoms with E-state index in [1.807, 2.05) is 0 Å². The van der Waals surface area contributed by atoms with Crippen LogP contribution in [0.15, 0.2) is 267 Å². The van der Waals surface area contributed by atoms with Crippen LogP contribution in [0.3, 0.4) is 0 Å². The summed E-state index contributed by atoms with van der Waals surface area (Å²) in [7, 11) is 0. The van der Waals surface area contributed by atoms with Crippen LogP contribution in [0, 0.1) is 0 Å². The molecule has 11 aromatic carbocycles. The Morgan fingerprint density at radius 3 is 1.58 bits per heavy atom. The fraction of sp³-hybridized carbons (Fsp3) is 0.0154. The van der Waals surface area contributed by atoms with Crippen LogP contribution in [0.25, 0.3) is 71.6 Å². The SMILES string of the molecule is c1ccc(-c2ccc(N(c3ccc(-c4ccc5c(c4)c4ccccc4n5-c4ccc5ccccc5c4)cc3)c3cccc4c3-c3ccccc3C4(c3ccccc3)c3ccccc3)cc2)cc1. The Balaban J connectivity index is 0.972. The molecule has 12 aromatic rings. The molecule has 0 saturated heterocycles. The molecule has 2 nitrogen and oxygen atoms in total. The summed E-state index contributed by atoms with van der Waals surface area (Å²) in [6, 6.07) is 98.0. The minimum absolute atomic E-state index is 0.507. The topological polar surface area (TPSA) is 8.17 Å². The van der Waals surface area contributed by atoms with Crippen LogP contribution in [0.1, 0.15) is 22.3 Å². The lowest BCUT2D eigenvalue weighted by Crippen LogP contribution is -2.28. The average molecular weight is 853 g/mol. The van der Waals surface area contributed by atoms with Gasteiger partial charge in [-0.3, -0.25) is 0 Å². The normalized spacial score (nSPS) is 12.6. The second kappa shape index (κ2) is 15.8. The molecule has 1 aromatic heterocycles. The molecule has 0 atom stereocenters. The standard InChI is InChI=1S/C65H44N2/c1-4-17-45(18-5-1)47-31-37-53(38-32-47)66(63-30-16-28-60-64(63)57-26-12-14-27-59(57)65(60,51-21-6-2-7-22-51)52-23-8-3-9-24-52)54-39-33-48(34-40-54)50-36-42-62-58(44-50)56-25-13-15-29-61(56)67(62)55-41-35-46-19-10-11-20-49(46)43-55/h1-44H. The van der Waals surface area contributed by atoms with Crippen molar-refractivity contribution in [3.8, 4) is 39.1 Å². The van der Waals surface area contributed by atoms with Gasteiger partial charge >= 0.3 is 0 Å². The molecule has 0 N–H and O–H groups in total. The first-order chi connectivity index (χ1) is 33.2. The summed E-state index contributed by atoms with van der Waals surface area (Å²) < 4.78 is 2.41. The minimum Gasteiger partial charge on any atom is -0.310 e. The number of anilines is 3. The van der Waals surface area contributed by atoms with Crippen molar-refractivity contribution in [2.24, 2.45) is 0 Å². The van der Waals surface area contributed by atoms with Crippen molar-refractivity contribution in [2.75, 3.05) is 4.90 Å². The van der Waals surface area contributed by atoms with Crippen molar-refractivity contribution in [3.05, 3.63) is 289 Å². The maximum absolute atomic E-state index is 2.46. The second-order valence-corrected chi connectivity index (χ2v) is 17.6. The highest BCUT2D eigenvalue weighted by Crippen LogP contribution is 2.59. The van der Waals surface area contributed by atoms with Gasteiger partial charge in [-0.2, -0.15) is 0 Å². The molecule has 67 heavy (non-hydrogen) atoms. The van der Waals surface area contributed by atoms with Crippen molar-refractivity contribution in [1.82, 2.24) is 4.57 Å². The molecule has 13 rings (SSSR count). The lowest BCUT2D eigenvalue weighted by molar-refractivity contribution is 0.768. The van der Waals surface area contributed by atoms with Crippen LogP contribution < -0.4 is 4.90 Å². The van der Waals surface area contributed by atoms with Crippen molar-refractivity contribution >= 4 is 49.6 Å². The fourth-order valence-corrected chi connectivity index (χ4v) is 11.1. The van der Waals surface area contributed by atoms with Crippen molar-refractivity contribution in [2.45, 2.75) is 5.41 Å². The fourth-order valence-electron chi connectivity index (χ4n) is 11.1. The van der Waals surface area contributed by atoms with E-state index in [1.54, 1.807) is 0 Å². The Morgan fingerprint density at radius 2 is 0.866 bits per heavy atom. The van der Waals surface area contributed by atoms with E-state index in [9.17, 15) is 0 Å². The van der Waals surface area contributed by atoms with Gasteiger partial charge < -0.3 is 9.47 Å². The van der Waals surface area contributed by atoms with E-state index >= 15 is 0 Å². The van der Waals surface area contributed by atoms with Gasteiger partial charge in [-0.1, -0.05) is 206 Å². The summed E-state index contributed by atoms with van der Waals surface area (Å²) >= 11 is 0. The highest BCUT2D eigenvalue weighted by atomic mass is 15.1. The molecular formula is C65H44N2. The quantitative estimate of drug-likeness (QED) is 0.148. The van der Waals surface area contributed by atoms with Crippen LogP contribution in [0.4, 0.5) is 17.1 Å². The Morgan fingerprint density at radius 1 is 0.328 bits per heavy atom.